The van der Waals surface area contributed by atoms with E-state index in [1.165, 1.54) is 0 Å². The quantitative estimate of drug-likeness (QED) is 0.656. The topological polar surface area (TPSA) is 90.4 Å². The molecule has 0 spiro atoms. The number of aromatic nitrogens is 1. The van der Waals surface area contributed by atoms with Crippen molar-refractivity contribution < 1.29 is 14.1 Å². The number of nitrogens with one attached hydrogen (secondary N) is 1. The van der Waals surface area contributed by atoms with Crippen molar-refractivity contribution in [3.8, 4) is 5.75 Å². The maximum Gasteiger partial charge on any atom is 0.255 e. The average molecular weight is 379 g/mol. The third-order valence-corrected chi connectivity index (χ3v) is 5.37. The fraction of sp³-hybridized carbons (Fsp3) is 0.364. The van der Waals surface area contributed by atoms with E-state index in [9.17, 15) is 4.79 Å². The molecule has 3 N–H and O–H groups in total. The first-order valence-corrected chi connectivity index (χ1v) is 9.64. The number of nitrogens with two attached hydrogens (primary N) is 1. The van der Waals surface area contributed by atoms with Gasteiger partial charge in [0, 0.05) is 12.6 Å². The molecular formula is C22H25N3O3. The zero-order chi connectivity index (χ0) is 19.7. The molecule has 2 aromatic carbocycles. The van der Waals surface area contributed by atoms with Gasteiger partial charge in [0.1, 0.15) is 18.1 Å². The molecule has 1 aliphatic carbocycles. The maximum atomic E-state index is 12.9. The molecule has 1 unspecified atom stereocenters. The number of ether oxygens (including phenoxy) is 1. The second kappa shape index (κ2) is 7.64. The number of amides is 1. The lowest BCUT2D eigenvalue weighted by molar-refractivity contribution is 0.0946. The van der Waals surface area contributed by atoms with Gasteiger partial charge in [-0.2, -0.15) is 0 Å². The molecule has 6 heteroatoms. The van der Waals surface area contributed by atoms with Crippen molar-refractivity contribution in [3.05, 3.63) is 59.0 Å². The zero-order valence-corrected chi connectivity index (χ0v) is 16.2. The summed E-state index contributed by atoms with van der Waals surface area (Å²) in [6.07, 6.45) is 2.30. The maximum absolute atomic E-state index is 12.9. The minimum Gasteiger partial charge on any atom is -0.488 e. The average Bonchev–Trinajstić information content (AvgIpc) is 3.50. The monoisotopic (exact) mass is 379 g/mol. The van der Waals surface area contributed by atoms with Crippen LogP contribution in [0.15, 0.2) is 40.9 Å². The molecule has 1 aliphatic rings. The van der Waals surface area contributed by atoms with Gasteiger partial charge in [-0.05, 0) is 55.5 Å². The summed E-state index contributed by atoms with van der Waals surface area (Å²) < 4.78 is 11.2. The van der Waals surface area contributed by atoms with Crippen LogP contribution in [-0.2, 0) is 6.61 Å². The van der Waals surface area contributed by atoms with E-state index in [4.69, 9.17) is 15.0 Å². The summed E-state index contributed by atoms with van der Waals surface area (Å²) in [6, 6.07) is 11.7. The molecule has 1 atom stereocenters. The molecule has 1 saturated carbocycles. The van der Waals surface area contributed by atoms with Gasteiger partial charge in [0.15, 0.2) is 0 Å². The molecule has 28 heavy (non-hydrogen) atoms. The van der Waals surface area contributed by atoms with Crippen molar-refractivity contribution in [2.75, 3.05) is 6.54 Å². The molecule has 0 bridgehead atoms. The molecule has 1 fully saturated rings. The molecule has 1 amide bonds. The van der Waals surface area contributed by atoms with Crippen molar-refractivity contribution in [1.82, 2.24) is 10.5 Å². The predicted octanol–water partition coefficient (Wildman–Crippen LogP) is 3.49. The van der Waals surface area contributed by atoms with Gasteiger partial charge in [0.25, 0.3) is 5.91 Å². The van der Waals surface area contributed by atoms with Gasteiger partial charge in [0.2, 0.25) is 0 Å². The number of hydrogen-bond donors (Lipinski definition) is 2. The van der Waals surface area contributed by atoms with Gasteiger partial charge >= 0.3 is 0 Å². The van der Waals surface area contributed by atoms with Gasteiger partial charge in [0.05, 0.1) is 16.8 Å². The Morgan fingerprint density at radius 2 is 2.00 bits per heavy atom. The molecule has 3 aromatic rings. The van der Waals surface area contributed by atoms with E-state index in [2.05, 4.69) is 10.5 Å². The molecule has 4 rings (SSSR count). The summed E-state index contributed by atoms with van der Waals surface area (Å²) in [5.74, 6) is 1.62. The number of carbonyl (C=O) groups excluding carboxylic acids is 1. The molecule has 1 heterocycles. The van der Waals surface area contributed by atoms with E-state index >= 15 is 0 Å². The minimum atomic E-state index is -0.171. The zero-order valence-electron chi connectivity index (χ0n) is 16.2. The number of aryl methyl sites for hydroxylation is 2. The SMILES string of the molecule is Cc1noc(C)c1COc1cc2ccccc2cc1C(=O)NCC(N)C1CC1. The van der Waals surface area contributed by atoms with Crippen molar-refractivity contribution in [2.24, 2.45) is 11.7 Å². The predicted molar refractivity (Wildman–Crippen MR) is 107 cm³/mol. The third kappa shape index (κ3) is 3.87. The first kappa shape index (κ1) is 18.5. The number of nitrogens with zero attached hydrogens (tertiary/aromatic N) is 1. The smallest absolute Gasteiger partial charge is 0.255 e. The summed E-state index contributed by atoms with van der Waals surface area (Å²) in [6.45, 7) is 4.50. The van der Waals surface area contributed by atoms with E-state index in [1.54, 1.807) is 0 Å². The minimum absolute atomic E-state index is 0.0103. The first-order chi connectivity index (χ1) is 13.5. The Bertz CT molecular complexity index is 988. The van der Waals surface area contributed by atoms with Crippen LogP contribution in [-0.4, -0.2) is 23.7 Å². The highest BCUT2D eigenvalue weighted by molar-refractivity contribution is 6.01. The molecule has 1 aromatic heterocycles. The second-order valence-corrected chi connectivity index (χ2v) is 7.50. The number of fused-ring (bicyclic) bond motifs is 1. The van der Waals surface area contributed by atoms with E-state index < -0.39 is 0 Å². The summed E-state index contributed by atoms with van der Waals surface area (Å²) in [7, 11) is 0. The summed E-state index contributed by atoms with van der Waals surface area (Å²) in [4.78, 5) is 12.9. The van der Waals surface area contributed by atoms with E-state index in [-0.39, 0.29) is 11.9 Å². The molecule has 0 aliphatic heterocycles. The van der Waals surface area contributed by atoms with Crippen molar-refractivity contribution >= 4 is 16.7 Å². The van der Waals surface area contributed by atoms with E-state index in [1.807, 2.05) is 50.2 Å². The van der Waals surface area contributed by atoms with Crippen molar-refractivity contribution in [2.45, 2.75) is 39.3 Å². The van der Waals surface area contributed by atoms with Gasteiger partial charge in [-0.15, -0.1) is 0 Å². The molecule has 0 radical (unpaired) electrons. The van der Waals surface area contributed by atoms with Crippen LogP contribution in [0.4, 0.5) is 0 Å². The van der Waals surface area contributed by atoms with E-state index in [0.29, 0.717) is 30.4 Å². The van der Waals surface area contributed by atoms with Crippen LogP contribution < -0.4 is 15.8 Å². The van der Waals surface area contributed by atoms with Crippen LogP contribution in [0.2, 0.25) is 0 Å². The largest absolute Gasteiger partial charge is 0.488 e. The Balaban J connectivity index is 1.59. The van der Waals surface area contributed by atoms with Gasteiger partial charge < -0.3 is 20.3 Å². The Kier molecular flexibility index (Phi) is 5.05. The van der Waals surface area contributed by atoms with E-state index in [0.717, 1.165) is 40.6 Å². The Morgan fingerprint density at radius 1 is 1.29 bits per heavy atom. The second-order valence-electron chi connectivity index (χ2n) is 7.50. The van der Waals surface area contributed by atoms with Crippen LogP contribution in [0.1, 0.15) is 40.2 Å². The summed E-state index contributed by atoms with van der Waals surface area (Å²) >= 11 is 0. The standard InChI is InChI=1S/C22H25N3O3/c1-13-19(14(2)28-25-13)12-27-21-10-17-6-4-3-5-16(17)9-18(21)22(26)24-11-20(23)15-7-8-15/h3-6,9-10,15,20H,7-8,11-12,23H2,1-2H3,(H,24,26). The Labute approximate surface area is 164 Å². The normalized spacial score (nSPS) is 14.8. The van der Waals surface area contributed by atoms with Gasteiger partial charge in [-0.3, -0.25) is 4.79 Å². The molecular weight excluding hydrogens is 354 g/mol. The lowest BCUT2D eigenvalue weighted by atomic mass is 10.0. The molecule has 146 valence electrons. The Morgan fingerprint density at radius 3 is 2.64 bits per heavy atom. The van der Waals surface area contributed by atoms with Crippen LogP contribution in [0, 0.1) is 19.8 Å². The van der Waals surface area contributed by atoms with Crippen LogP contribution in [0.3, 0.4) is 0 Å². The van der Waals surface area contributed by atoms with Crippen LogP contribution in [0.5, 0.6) is 5.75 Å². The first-order valence-electron chi connectivity index (χ1n) is 9.64. The number of benzene rings is 2. The van der Waals surface area contributed by atoms with Crippen LogP contribution in [0.25, 0.3) is 10.8 Å². The lowest BCUT2D eigenvalue weighted by Gasteiger charge is -2.15. The van der Waals surface area contributed by atoms with Gasteiger partial charge in [-0.1, -0.05) is 29.4 Å². The molecule has 6 nitrogen and oxygen atoms in total. The highest BCUT2D eigenvalue weighted by Crippen LogP contribution is 2.31. The van der Waals surface area contributed by atoms with Crippen LogP contribution >= 0.6 is 0 Å². The summed E-state index contributed by atoms with van der Waals surface area (Å²) in [5.41, 5.74) is 8.32. The fourth-order valence-corrected chi connectivity index (χ4v) is 3.37. The van der Waals surface area contributed by atoms with Crippen molar-refractivity contribution in [3.63, 3.8) is 0 Å². The number of rotatable bonds is 7. The summed E-state index contributed by atoms with van der Waals surface area (Å²) in [5, 5.41) is 8.93. The van der Waals surface area contributed by atoms with Gasteiger partial charge in [-0.25, -0.2) is 0 Å². The molecule has 0 saturated heterocycles. The number of carbonyl (C=O) groups is 1. The highest BCUT2D eigenvalue weighted by atomic mass is 16.5. The van der Waals surface area contributed by atoms with Crippen molar-refractivity contribution in [1.29, 1.82) is 0 Å². The number of hydrogen-bond acceptors (Lipinski definition) is 5. The lowest BCUT2D eigenvalue weighted by Crippen LogP contribution is -2.38. The third-order valence-electron chi connectivity index (χ3n) is 5.37. The highest BCUT2D eigenvalue weighted by Gasteiger charge is 2.28. The Hall–Kier alpha value is -2.86. The fourth-order valence-electron chi connectivity index (χ4n) is 3.37.